The summed E-state index contributed by atoms with van der Waals surface area (Å²) >= 11 is 0. The third-order valence-electron chi connectivity index (χ3n) is 37.0. The highest BCUT2D eigenvalue weighted by atomic mass is 16.8. The minimum atomic E-state index is -1.31. The van der Waals surface area contributed by atoms with Crippen LogP contribution in [0, 0.1) is 124 Å². The zero-order chi connectivity index (χ0) is 94.1. The molecule has 8 aliphatic carbocycles. The van der Waals surface area contributed by atoms with Gasteiger partial charge in [-0.25, -0.2) is 0 Å². The lowest BCUT2D eigenvalue weighted by Crippen LogP contribution is -2.67. The van der Waals surface area contributed by atoms with Crippen LogP contribution in [0.25, 0.3) is 0 Å². The monoisotopic (exact) mass is 1850 g/mol. The van der Waals surface area contributed by atoms with Gasteiger partial charge in [-0.2, -0.15) is 0 Å². The molecule has 18 fully saturated rings. The smallest absolute Gasteiger partial charge is 0.205 e. The van der Waals surface area contributed by atoms with Crippen molar-refractivity contribution in [1.82, 2.24) is 0 Å². The zero-order valence-corrected chi connectivity index (χ0v) is 82.6. The van der Waals surface area contributed by atoms with Gasteiger partial charge in [0.1, 0.15) is 33.8 Å². The first-order valence-corrected chi connectivity index (χ1v) is 52.2. The fraction of sp³-hybridized carbons (Fsp3) is 0.924. The number of rotatable bonds is 14. The molecule has 19 rings (SSSR count). The number of unbranched alkanes of at least 4 members (excludes halogenated alkanes) is 1. The Morgan fingerprint density at radius 3 is 0.969 bits per heavy atom. The fourth-order valence-electron chi connectivity index (χ4n) is 29.1. The van der Waals surface area contributed by atoms with Crippen molar-refractivity contribution in [2.75, 3.05) is 13.7 Å². The zero-order valence-electron chi connectivity index (χ0n) is 82.6. The van der Waals surface area contributed by atoms with Crippen molar-refractivity contribution in [2.45, 2.75) is 473 Å². The van der Waals surface area contributed by atoms with Crippen LogP contribution in [0.5, 0.6) is 5.75 Å². The van der Waals surface area contributed by atoms with Crippen LogP contribution in [0.2, 0.25) is 0 Å². The summed E-state index contributed by atoms with van der Waals surface area (Å²) in [7, 11) is 1.75. The number of aliphatic hydroxyl groups is 10. The minimum Gasteiger partial charge on any atom is -0.465 e. The van der Waals surface area contributed by atoms with Gasteiger partial charge in [0.2, 0.25) is 6.29 Å². The lowest BCUT2D eigenvalue weighted by molar-refractivity contribution is -0.414. The van der Waals surface area contributed by atoms with E-state index in [4.69, 9.17) is 75.8 Å². The Labute approximate surface area is 783 Å². The van der Waals surface area contributed by atoms with Crippen LogP contribution in [-0.2, 0) is 71.1 Å². The fourth-order valence-corrected chi connectivity index (χ4v) is 29.1. The van der Waals surface area contributed by atoms with Gasteiger partial charge in [0.25, 0.3) is 0 Å². The maximum absolute atomic E-state index is 11.9. The minimum absolute atomic E-state index is 0.00184. The van der Waals surface area contributed by atoms with E-state index in [1.165, 1.54) is 32.1 Å². The quantitative estimate of drug-likeness (QED) is 0.0611. The predicted molar refractivity (Wildman–Crippen MR) is 488 cm³/mol. The van der Waals surface area contributed by atoms with Crippen LogP contribution < -0.4 is 4.74 Å². The highest BCUT2D eigenvalue weighted by Gasteiger charge is 2.70. The highest BCUT2D eigenvalue weighted by Crippen LogP contribution is 2.63. The number of hydrogen-bond acceptors (Lipinski definition) is 26. The molecule has 131 heavy (non-hydrogen) atoms. The van der Waals surface area contributed by atoms with Gasteiger partial charge >= 0.3 is 0 Å². The number of allylic oxidation sites excluding steroid dienone is 1. The second kappa shape index (κ2) is 41.4. The first-order valence-electron chi connectivity index (χ1n) is 52.2. The molecule has 10 saturated heterocycles. The summed E-state index contributed by atoms with van der Waals surface area (Å²) in [4.78, 5) is 0. The molecule has 10 N–H and O–H groups in total. The van der Waals surface area contributed by atoms with Crippen molar-refractivity contribution >= 4 is 0 Å². The summed E-state index contributed by atoms with van der Waals surface area (Å²) in [5.74, 6) is -2.10. The summed E-state index contributed by atoms with van der Waals surface area (Å²) in [6.45, 7) is 36.6. The van der Waals surface area contributed by atoms with E-state index >= 15 is 0 Å². The summed E-state index contributed by atoms with van der Waals surface area (Å²) < 4.78 is 97.7. The largest absolute Gasteiger partial charge is 0.465 e. The molecular weight excluding hydrogens is 1680 g/mol. The van der Waals surface area contributed by atoms with Crippen LogP contribution in [0.3, 0.4) is 0 Å². The van der Waals surface area contributed by atoms with E-state index in [2.05, 4.69) is 82.7 Å². The van der Waals surface area contributed by atoms with Gasteiger partial charge < -0.3 is 127 Å². The average molecular weight is 1850 g/mol. The molecule has 0 amide bonds. The standard InChI is InChI=1S/C22H38O6.2C21H36O5.C21H30O5.C20H34O5/c1-13-9-10-16-14(2)19(26-18-8-6-5-7-17(18)25-4)27-20-22(16,24)15(13)11-12-21(3,23)28-20;1-12-8-9-16-14(3)18(24-17-7-5-6-13(17)2)25-19-21(16,23)15(12)10-11-20(4,22)26-19;2*1-13-9-10-17-14(2)18(24-15-7-5-4-6-8-15)25-19-21(17,23)16(13)11-12-20(3,22)26-19;1-5-6-7-12-23-17-14(3)16-9-8-13(2)15-10-11-19(4,21)25-18(24-17)20(15,16)22/h13-20,23-24H,5-12H2,1-4H3;12-19,22-23H,5-11H2,1-4H3;13-19,22-23H,4-12H2,1-3H3;4-8,13-14,16-19,22-23H,9-12H2,1-3H3;5,13-18,21-22H,1,6-12H2,2-4H3/t13-,14-,15?,16?,17?,18?,19?,20-,21+,22-;12-,13?,14-,15?,16?,17?,18?,19-,20+,21-;2*13-,14-,16?,17?,18?,19-,20+,21-;13-,14-,15?,16?,17?,18-,19+,20-/m11111/s1. The first-order chi connectivity index (χ1) is 61.9. The lowest BCUT2D eigenvalue weighted by Gasteiger charge is -2.57. The Morgan fingerprint density at radius 1 is 0.321 bits per heavy atom. The maximum Gasteiger partial charge on any atom is 0.205 e. The van der Waals surface area contributed by atoms with E-state index in [1.54, 1.807) is 41.7 Å². The third kappa shape index (κ3) is 21.2. The molecule has 10 heterocycles. The molecule has 8 saturated carbocycles. The first kappa shape index (κ1) is 103. The predicted octanol–water partition coefficient (Wildman–Crippen LogP) is 16.7. The highest BCUT2D eigenvalue weighted by molar-refractivity contribution is 5.22. The van der Waals surface area contributed by atoms with Gasteiger partial charge in [-0.1, -0.05) is 139 Å². The van der Waals surface area contributed by atoms with Crippen LogP contribution in [-0.4, -0.2) is 209 Å². The van der Waals surface area contributed by atoms with Crippen molar-refractivity contribution < 1.29 is 127 Å². The molecule has 0 bridgehead atoms. The van der Waals surface area contributed by atoms with E-state index in [-0.39, 0.29) is 126 Å². The summed E-state index contributed by atoms with van der Waals surface area (Å²) in [6.07, 6.45) is 27.9. The molecule has 0 radical (unpaired) electrons. The molecule has 19 unspecified atom stereocenters. The Balaban J connectivity index is 0.000000125. The van der Waals surface area contributed by atoms with Gasteiger partial charge in [0, 0.05) is 98.4 Å². The second-order valence-electron chi connectivity index (χ2n) is 46.4. The Hall–Kier alpha value is -2.24. The molecule has 1 aromatic carbocycles. The molecule has 10 aliphatic heterocycles. The Kier molecular flexibility index (Phi) is 32.6. The summed E-state index contributed by atoms with van der Waals surface area (Å²) in [5.41, 5.74) is -5.31. The number of hydrogen-bond donors (Lipinski definition) is 10. The molecule has 1 aromatic rings. The molecule has 44 atom stereocenters. The Bertz CT molecular complexity index is 3790. The lowest BCUT2D eigenvalue weighted by atomic mass is 9.58. The van der Waals surface area contributed by atoms with E-state index in [9.17, 15) is 51.1 Å². The van der Waals surface area contributed by atoms with Gasteiger partial charge in [0.15, 0.2) is 85.5 Å². The normalized spacial score (nSPS) is 52.7. The second-order valence-corrected chi connectivity index (χ2v) is 46.4. The van der Waals surface area contributed by atoms with Crippen molar-refractivity contribution in [1.29, 1.82) is 0 Å². The van der Waals surface area contributed by atoms with E-state index < -0.39 is 107 Å². The molecule has 26 heteroatoms. The van der Waals surface area contributed by atoms with Crippen LogP contribution in [0.1, 0.15) is 329 Å². The van der Waals surface area contributed by atoms with Crippen molar-refractivity contribution in [3.63, 3.8) is 0 Å². The van der Waals surface area contributed by atoms with Crippen molar-refractivity contribution in [3.8, 4) is 5.75 Å². The molecular formula is C105H174O26. The maximum atomic E-state index is 11.9. The third-order valence-corrected chi connectivity index (χ3v) is 37.0. The Morgan fingerprint density at radius 2 is 0.626 bits per heavy atom. The van der Waals surface area contributed by atoms with E-state index in [0.29, 0.717) is 74.2 Å². The average Bonchev–Trinajstić information content (AvgIpc) is 1.72. The van der Waals surface area contributed by atoms with Crippen LogP contribution in [0.4, 0.5) is 0 Å². The van der Waals surface area contributed by atoms with Gasteiger partial charge in [0.05, 0.1) is 31.0 Å². The number of methoxy groups -OCH3 is 1. The molecule has 26 nitrogen and oxygen atoms in total. The number of para-hydroxylation sites is 1. The summed E-state index contributed by atoms with van der Waals surface area (Å²) in [5, 5.41) is 112. The topological polar surface area (TPSA) is 350 Å². The van der Waals surface area contributed by atoms with Crippen LogP contribution in [0.15, 0.2) is 43.0 Å². The van der Waals surface area contributed by atoms with Gasteiger partial charge in [-0.15, -0.1) is 6.58 Å². The van der Waals surface area contributed by atoms with Gasteiger partial charge in [-0.3, -0.25) is 0 Å². The summed E-state index contributed by atoms with van der Waals surface area (Å²) in [6, 6.07) is 9.57. The molecule has 18 aliphatic rings. The van der Waals surface area contributed by atoms with Crippen molar-refractivity contribution in [2.24, 2.45) is 124 Å². The number of ether oxygens (including phenoxy) is 16. The SMILES string of the molecule is C=CCCCOC1O[C@@H]2O[C@](C)(O)CCC3[C@H](C)CCC([C@H]1C)[C@]32O.CC1CCCC1OC1O[C@@H]2O[C@](C)(O)CCC3[C@H](C)CCC([C@H]1C)[C@]32O.COC1CCCCC1OC1O[C@@H]2O[C@](C)(O)CCC3[C@H](C)CCC([C@H]1C)[C@]32O.C[C@H]1C(OC2CCCCC2)O[C@@H]2O[C@](C)(O)CCC3[C@H](C)CCC1[C@]32O.C[C@H]1C(Oc2ccccc2)O[C@@H]2O[C@](C)(O)CCC3[C@H](C)CCC1[C@]32O. The van der Waals surface area contributed by atoms with Gasteiger partial charge in [-0.05, 0) is 260 Å². The van der Waals surface area contributed by atoms with Crippen molar-refractivity contribution in [3.05, 3.63) is 43.0 Å². The molecule has 750 valence electrons. The molecule has 0 aromatic heterocycles. The van der Waals surface area contributed by atoms with Crippen LogP contribution >= 0.6 is 0 Å². The van der Waals surface area contributed by atoms with E-state index in [1.807, 2.05) is 36.4 Å². The molecule has 0 spiro atoms. The number of benzene rings is 1. The van der Waals surface area contributed by atoms with E-state index in [0.717, 1.165) is 160 Å².